The van der Waals surface area contributed by atoms with E-state index >= 15 is 0 Å². The summed E-state index contributed by atoms with van der Waals surface area (Å²) in [4.78, 5) is 0. The summed E-state index contributed by atoms with van der Waals surface area (Å²) in [5.41, 5.74) is -0.467. The van der Waals surface area contributed by atoms with E-state index in [4.69, 9.17) is 5.26 Å². The zero-order chi connectivity index (χ0) is 13.2. The zero-order valence-corrected chi connectivity index (χ0v) is 10.2. The second-order valence-electron chi connectivity index (χ2n) is 4.86. The number of nitrogens with zero attached hydrogens (tertiary/aromatic N) is 1. The largest absolute Gasteiger partial charge is 0.375 e. The number of piperidine rings is 1. The Morgan fingerprint density at radius 3 is 2.33 bits per heavy atom. The molecule has 1 aliphatic heterocycles. The van der Waals surface area contributed by atoms with E-state index in [1.54, 1.807) is 6.07 Å². The SMILES string of the molecule is CC1(Nc2c(F)cc(C#N)cc2F)CCNCC1. The molecule has 5 heteroatoms. The van der Waals surface area contributed by atoms with Crippen LogP contribution in [0.3, 0.4) is 0 Å². The molecule has 0 amide bonds. The number of hydrogen-bond donors (Lipinski definition) is 2. The fourth-order valence-electron chi connectivity index (χ4n) is 2.16. The number of nitrogens with one attached hydrogen (secondary N) is 2. The quantitative estimate of drug-likeness (QED) is 0.848. The molecule has 18 heavy (non-hydrogen) atoms. The highest BCUT2D eigenvalue weighted by Gasteiger charge is 2.28. The van der Waals surface area contributed by atoms with Gasteiger partial charge in [0.1, 0.15) is 5.69 Å². The lowest BCUT2D eigenvalue weighted by atomic mass is 9.90. The first-order valence-electron chi connectivity index (χ1n) is 5.92. The normalized spacial score (nSPS) is 18.1. The number of rotatable bonds is 2. The van der Waals surface area contributed by atoms with Crippen LogP contribution < -0.4 is 10.6 Å². The molecule has 96 valence electrons. The van der Waals surface area contributed by atoms with Crippen molar-refractivity contribution in [1.82, 2.24) is 5.32 Å². The first kappa shape index (κ1) is 12.8. The Bertz CT molecular complexity index is 464. The molecule has 1 aromatic rings. The van der Waals surface area contributed by atoms with Crippen molar-refractivity contribution >= 4 is 5.69 Å². The Morgan fingerprint density at radius 2 is 1.83 bits per heavy atom. The number of hydrogen-bond acceptors (Lipinski definition) is 3. The third-order valence-electron chi connectivity index (χ3n) is 3.31. The average molecular weight is 251 g/mol. The van der Waals surface area contributed by atoms with Crippen molar-refractivity contribution in [3.8, 4) is 6.07 Å². The lowest BCUT2D eigenvalue weighted by molar-refractivity contribution is 0.362. The second-order valence-corrected chi connectivity index (χ2v) is 4.86. The van der Waals surface area contributed by atoms with Crippen LogP contribution in [-0.2, 0) is 0 Å². The van der Waals surface area contributed by atoms with Crippen LogP contribution in [0.15, 0.2) is 12.1 Å². The van der Waals surface area contributed by atoms with Crippen molar-refractivity contribution in [2.24, 2.45) is 0 Å². The fraction of sp³-hybridized carbons (Fsp3) is 0.462. The van der Waals surface area contributed by atoms with E-state index in [1.165, 1.54) is 0 Å². The Hall–Kier alpha value is -1.67. The average Bonchev–Trinajstić information content (AvgIpc) is 2.34. The Morgan fingerprint density at radius 1 is 1.28 bits per heavy atom. The Labute approximate surface area is 105 Å². The van der Waals surface area contributed by atoms with Crippen LogP contribution in [0.5, 0.6) is 0 Å². The van der Waals surface area contributed by atoms with Crippen molar-refractivity contribution in [2.45, 2.75) is 25.3 Å². The predicted octanol–water partition coefficient (Wildman–Crippen LogP) is 2.39. The summed E-state index contributed by atoms with van der Waals surface area (Å²) in [6.45, 7) is 3.59. The predicted molar refractivity (Wildman–Crippen MR) is 65.2 cm³/mol. The van der Waals surface area contributed by atoms with Gasteiger partial charge in [-0.05, 0) is 45.0 Å². The summed E-state index contributed by atoms with van der Waals surface area (Å²) in [5, 5.41) is 14.8. The summed E-state index contributed by atoms with van der Waals surface area (Å²) in [6, 6.07) is 3.83. The van der Waals surface area contributed by atoms with Gasteiger partial charge in [-0.15, -0.1) is 0 Å². The van der Waals surface area contributed by atoms with Crippen LogP contribution in [0, 0.1) is 23.0 Å². The maximum Gasteiger partial charge on any atom is 0.150 e. The van der Waals surface area contributed by atoms with Gasteiger partial charge >= 0.3 is 0 Å². The van der Waals surface area contributed by atoms with E-state index in [0.717, 1.165) is 38.1 Å². The van der Waals surface area contributed by atoms with E-state index in [9.17, 15) is 8.78 Å². The smallest absolute Gasteiger partial charge is 0.150 e. The molecule has 0 spiro atoms. The van der Waals surface area contributed by atoms with Gasteiger partial charge in [-0.1, -0.05) is 0 Å². The van der Waals surface area contributed by atoms with Crippen LogP contribution >= 0.6 is 0 Å². The molecule has 2 N–H and O–H groups in total. The van der Waals surface area contributed by atoms with E-state index in [0.29, 0.717) is 0 Å². The van der Waals surface area contributed by atoms with E-state index in [-0.39, 0.29) is 16.8 Å². The molecule has 0 aliphatic carbocycles. The fourth-order valence-corrected chi connectivity index (χ4v) is 2.16. The number of halogens is 2. The first-order chi connectivity index (χ1) is 8.54. The molecular formula is C13H15F2N3. The summed E-state index contributed by atoms with van der Waals surface area (Å²) >= 11 is 0. The van der Waals surface area contributed by atoms with Crippen LogP contribution in [0.4, 0.5) is 14.5 Å². The molecule has 0 saturated carbocycles. The van der Waals surface area contributed by atoms with Gasteiger partial charge < -0.3 is 10.6 Å². The molecule has 0 radical (unpaired) electrons. The van der Waals surface area contributed by atoms with Crippen molar-refractivity contribution < 1.29 is 8.78 Å². The van der Waals surface area contributed by atoms with Crippen LogP contribution in [-0.4, -0.2) is 18.6 Å². The highest BCUT2D eigenvalue weighted by Crippen LogP contribution is 2.28. The molecule has 1 fully saturated rings. The topological polar surface area (TPSA) is 47.9 Å². The Kier molecular flexibility index (Phi) is 3.48. The monoisotopic (exact) mass is 251 g/mol. The summed E-state index contributed by atoms with van der Waals surface area (Å²) in [5.74, 6) is -1.43. The van der Waals surface area contributed by atoms with Crippen molar-refractivity contribution in [3.63, 3.8) is 0 Å². The third kappa shape index (κ3) is 2.59. The summed E-state index contributed by atoms with van der Waals surface area (Å²) in [6.07, 6.45) is 1.60. The van der Waals surface area contributed by atoms with Gasteiger partial charge in [0.15, 0.2) is 11.6 Å². The van der Waals surface area contributed by atoms with Gasteiger partial charge in [0.2, 0.25) is 0 Å². The molecule has 1 heterocycles. The minimum absolute atomic E-state index is 0.00832. The van der Waals surface area contributed by atoms with Gasteiger partial charge in [-0.3, -0.25) is 0 Å². The van der Waals surface area contributed by atoms with E-state index < -0.39 is 11.6 Å². The number of benzene rings is 1. The maximum absolute atomic E-state index is 13.8. The number of nitriles is 1. The maximum atomic E-state index is 13.8. The molecule has 1 aliphatic rings. The molecule has 0 aromatic heterocycles. The van der Waals surface area contributed by atoms with Crippen molar-refractivity contribution in [3.05, 3.63) is 29.3 Å². The lowest BCUT2D eigenvalue weighted by Gasteiger charge is -2.36. The van der Waals surface area contributed by atoms with Crippen LogP contribution in [0.2, 0.25) is 0 Å². The minimum Gasteiger partial charge on any atom is -0.375 e. The lowest BCUT2D eigenvalue weighted by Crippen LogP contribution is -2.45. The van der Waals surface area contributed by atoms with Gasteiger partial charge in [0.05, 0.1) is 11.6 Å². The standard InChI is InChI=1S/C13H15F2N3/c1-13(2-4-17-5-3-13)18-12-10(14)6-9(8-16)7-11(12)15/h6-7,17-18H,2-5H2,1H3. The zero-order valence-electron chi connectivity index (χ0n) is 10.2. The van der Waals surface area contributed by atoms with Crippen LogP contribution in [0.1, 0.15) is 25.3 Å². The molecule has 1 saturated heterocycles. The molecule has 0 atom stereocenters. The van der Waals surface area contributed by atoms with Crippen molar-refractivity contribution in [2.75, 3.05) is 18.4 Å². The highest BCUT2D eigenvalue weighted by atomic mass is 19.1. The molecule has 0 unspecified atom stereocenters. The van der Waals surface area contributed by atoms with Gasteiger partial charge in [0, 0.05) is 5.54 Å². The highest BCUT2D eigenvalue weighted by molar-refractivity contribution is 5.52. The second kappa shape index (κ2) is 4.91. The molecule has 1 aromatic carbocycles. The van der Waals surface area contributed by atoms with Gasteiger partial charge in [-0.25, -0.2) is 8.78 Å². The van der Waals surface area contributed by atoms with Gasteiger partial charge in [0.25, 0.3) is 0 Å². The molecule has 0 bridgehead atoms. The third-order valence-corrected chi connectivity index (χ3v) is 3.31. The Balaban J connectivity index is 2.26. The number of anilines is 1. The molecule has 3 nitrogen and oxygen atoms in total. The minimum atomic E-state index is -0.716. The summed E-state index contributed by atoms with van der Waals surface area (Å²) < 4.78 is 27.5. The van der Waals surface area contributed by atoms with Crippen LogP contribution in [0.25, 0.3) is 0 Å². The molecular weight excluding hydrogens is 236 g/mol. The van der Waals surface area contributed by atoms with Crippen molar-refractivity contribution in [1.29, 1.82) is 5.26 Å². The van der Waals surface area contributed by atoms with E-state index in [2.05, 4.69) is 10.6 Å². The molecule has 2 rings (SSSR count). The van der Waals surface area contributed by atoms with E-state index in [1.807, 2.05) is 6.92 Å². The summed E-state index contributed by atoms with van der Waals surface area (Å²) in [7, 11) is 0. The van der Waals surface area contributed by atoms with Gasteiger partial charge in [-0.2, -0.15) is 5.26 Å². The first-order valence-corrected chi connectivity index (χ1v) is 5.92.